The molecule has 4 aromatic rings. The van der Waals surface area contributed by atoms with Crippen LogP contribution in [0.25, 0.3) is 0 Å². The number of halogens is 2. The molecule has 0 aliphatic heterocycles. The van der Waals surface area contributed by atoms with E-state index in [9.17, 15) is 18.0 Å². The molecule has 2 unspecified atom stereocenters. The second-order valence-electron chi connectivity index (χ2n) is 10.9. The van der Waals surface area contributed by atoms with E-state index in [4.69, 9.17) is 11.6 Å². The smallest absolute Gasteiger partial charge is 0.264 e. The third kappa shape index (κ3) is 8.71. The number of benzene rings is 4. The predicted molar refractivity (Wildman–Crippen MR) is 176 cm³/mol. The third-order valence-electron chi connectivity index (χ3n) is 7.57. The van der Waals surface area contributed by atoms with Crippen LogP contribution in [0.2, 0.25) is 5.02 Å². The molecule has 0 spiro atoms. The molecule has 0 saturated carbocycles. The highest BCUT2D eigenvalue weighted by molar-refractivity contribution is 7.92. The van der Waals surface area contributed by atoms with Crippen LogP contribution in [0.5, 0.6) is 0 Å². The Labute approximate surface area is 269 Å². The molecule has 0 aliphatic rings. The van der Waals surface area contributed by atoms with Crippen LogP contribution in [0.1, 0.15) is 37.0 Å². The summed E-state index contributed by atoms with van der Waals surface area (Å²) in [6.45, 7) is 4.73. The van der Waals surface area contributed by atoms with E-state index in [0.29, 0.717) is 11.4 Å². The van der Waals surface area contributed by atoms with Crippen molar-refractivity contribution >= 4 is 39.1 Å². The minimum absolute atomic E-state index is 0.00754. The Morgan fingerprint density at radius 2 is 1.51 bits per heavy atom. The number of aryl methyl sites for hydroxylation is 1. The number of hydrogen-bond donors (Lipinski definition) is 1. The van der Waals surface area contributed by atoms with Crippen molar-refractivity contribution in [1.29, 1.82) is 0 Å². The minimum Gasteiger partial charge on any atom is -0.352 e. The number of amides is 2. The lowest BCUT2D eigenvalue weighted by Gasteiger charge is -2.34. The standard InChI is InChI=1S/C35H37ClFN3O4S/c1-4-26(3)38-35(42)33(22-27-10-6-5-7-11-27)39(23-28-12-8-9-13-32(28)37)34(41)24-40(30-18-16-29(36)17-19-30)45(43,44)31-20-14-25(2)15-21-31/h5-21,26,33H,4,22-24H2,1-3H3,(H,38,42). The summed E-state index contributed by atoms with van der Waals surface area (Å²) in [5, 5.41) is 3.36. The van der Waals surface area contributed by atoms with Crippen LogP contribution in [0.4, 0.5) is 10.1 Å². The minimum atomic E-state index is -4.25. The molecule has 0 aliphatic carbocycles. The summed E-state index contributed by atoms with van der Waals surface area (Å²) in [7, 11) is -4.25. The Bertz CT molecular complexity index is 1700. The summed E-state index contributed by atoms with van der Waals surface area (Å²) in [6, 6.07) is 26.4. The van der Waals surface area contributed by atoms with Gasteiger partial charge in [0.1, 0.15) is 18.4 Å². The maximum Gasteiger partial charge on any atom is 0.264 e. The van der Waals surface area contributed by atoms with Gasteiger partial charge in [0.25, 0.3) is 10.0 Å². The summed E-state index contributed by atoms with van der Waals surface area (Å²) in [5.74, 6) is -1.64. The van der Waals surface area contributed by atoms with Gasteiger partial charge in [0.05, 0.1) is 10.6 Å². The van der Waals surface area contributed by atoms with Crippen molar-refractivity contribution in [2.75, 3.05) is 10.8 Å². The van der Waals surface area contributed by atoms with Crippen LogP contribution in [-0.2, 0) is 32.6 Å². The van der Waals surface area contributed by atoms with Crippen molar-refractivity contribution in [2.24, 2.45) is 0 Å². The number of anilines is 1. The molecule has 0 saturated heterocycles. The number of carbonyl (C=O) groups is 2. The van der Waals surface area contributed by atoms with Crippen molar-refractivity contribution in [3.05, 3.63) is 131 Å². The summed E-state index contributed by atoms with van der Waals surface area (Å²) < 4.78 is 44.1. The molecule has 4 aromatic carbocycles. The molecule has 7 nitrogen and oxygen atoms in total. The highest BCUT2D eigenvalue weighted by Gasteiger charge is 2.35. The van der Waals surface area contributed by atoms with Crippen molar-refractivity contribution < 1.29 is 22.4 Å². The molecule has 2 amide bonds. The van der Waals surface area contributed by atoms with E-state index in [2.05, 4.69) is 5.32 Å². The van der Waals surface area contributed by atoms with Gasteiger partial charge in [-0.1, -0.05) is 84.8 Å². The van der Waals surface area contributed by atoms with Crippen LogP contribution < -0.4 is 9.62 Å². The van der Waals surface area contributed by atoms with Gasteiger partial charge in [-0.15, -0.1) is 0 Å². The lowest BCUT2D eigenvalue weighted by Crippen LogP contribution is -2.54. The lowest BCUT2D eigenvalue weighted by molar-refractivity contribution is -0.140. The highest BCUT2D eigenvalue weighted by atomic mass is 35.5. The van der Waals surface area contributed by atoms with E-state index in [-0.39, 0.29) is 35.2 Å². The fourth-order valence-electron chi connectivity index (χ4n) is 4.78. The molecule has 1 N–H and O–H groups in total. The largest absolute Gasteiger partial charge is 0.352 e. The maximum atomic E-state index is 15.0. The Kier molecular flexibility index (Phi) is 11.4. The van der Waals surface area contributed by atoms with Gasteiger partial charge in [-0.3, -0.25) is 13.9 Å². The molecule has 2 atom stereocenters. The summed E-state index contributed by atoms with van der Waals surface area (Å²) >= 11 is 6.11. The summed E-state index contributed by atoms with van der Waals surface area (Å²) in [4.78, 5) is 29.5. The van der Waals surface area contributed by atoms with Crippen molar-refractivity contribution in [3.63, 3.8) is 0 Å². The average Bonchev–Trinajstić information content (AvgIpc) is 3.03. The normalized spacial score (nSPS) is 12.6. The zero-order valence-corrected chi connectivity index (χ0v) is 27.1. The zero-order chi connectivity index (χ0) is 32.6. The van der Waals surface area contributed by atoms with Gasteiger partial charge >= 0.3 is 0 Å². The fraction of sp³-hybridized carbons (Fsp3) is 0.257. The first-order valence-corrected chi connectivity index (χ1v) is 16.5. The quantitative estimate of drug-likeness (QED) is 0.178. The second kappa shape index (κ2) is 15.2. The van der Waals surface area contributed by atoms with Gasteiger partial charge in [-0.2, -0.15) is 0 Å². The molecule has 0 radical (unpaired) electrons. The number of rotatable bonds is 13. The van der Waals surface area contributed by atoms with Crippen LogP contribution >= 0.6 is 11.6 Å². The Balaban J connectivity index is 1.81. The highest BCUT2D eigenvalue weighted by Crippen LogP contribution is 2.27. The van der Waals surface area contributed by atoms with E-state index >= 15 is 4.39 Å². The van der Waals surface area contributed by atoms with Crippen LogP contribution in [0.15, 0.2) is 108 Å². The molecule has 45 heavy (non-hydrogen) atoms. The van der Waals surface area contributed by atoms with Crippen molar-refractivity contribution in [3.8, 4) is 0 Å². The molecule has 0 heterocycles. The van der Waals surface area contributed by atoms with E-state index in [1.54, 1.807) is 30.3 Å². The molecule has 10 heteroatoms. The molecule has 4 rings (SSSR count). The van der Waals surface area contributed by atoms with E-state index < -0.39 is 40.2 Å². The van der Waals surface area contributed by atoms with E-state index in [0.717, 1.165) is 15.4 Å². The number of carbonyl (C=O) groups excluding carboxylic acids is 2. The van der Waals surface area contributed by atoms with Gasteiger partial charge in [0, 0.05) is 29.6 Å². The zero-order valence-electron chi connectivity index (χ0n) is 25.5. The summed E-state index contributed by atoms with van der Waals surface area (Å²) in [5.41, 5.74) is 2.06. The van der Waals surface area contributed by atoms with Gasteiger partial charge in [0.15, 0.2) is 0 Å². The SMILES string of the molecule is CCC(C)NC(=O)C(Cc1ccccc1)N(Cc1ccccc1F)C(=O)CN(c1ccc(Cl)cc1)S(=O)(=O)c1ccc(C)cc1. The molecule has 0 fully saturated rings. The molecule has 0 bridgehead atoms. The molecule has 0 aromatic heterocycles. The average molecular weight is 650 g/mol. The summed E-state index contributed by atoms with van der Waals surface area (Å²) in [6.07, 6.45) is 0.791. The monoisotopic (exact) mass is 649 g/mol. The van der Waals surface area contributed by atoms with Crippen LogP contribution in [-0.4, -0.2) is 43.8 Å². The van der Waals surface area contributed by atoms with E-state index in [1.165, 1.54) is 47.4 Å². The topological polar surface area (TPSA) is 86.8 Å². The number of nitrogens with one attached hydrogen (secondary N) is 1. The third-order valence-corrected chi connectivity index (χ3v) is 9.61. The van der Waals surface area contributed by atoms with Crippen LogP contribution in [0.3, 0.4) is 0 Å². The molecular formula is C35H37ClFN3O4S. The fourth-order valence-corrected chi connectivity index (χ4v) is 6.32. The lowest BCUT2D eigenvalue weighted by atomic mass is 10.0. The first kappa shape index (κ1) is 33.7. The first-order valence-electron chi connectivity index (χ1n) is 14.7. The van der Waals surface area contributed by atoms with Crippen molar-refractivity contribution in [1.82, 2.24) is 10.2 Å². The molecule has 236 valence electrons. The van der Waals surface area contributed by atoms with Gasteiger partial charge in [0.2, 0.25) is 11.8 Å². The van der Waals surface area contributed by atoms with E-state index in [1.807, 2.05) is 51.1 Å². The Morgan fingerprint density at radius 1 is 0.889 bits per heavy atom. The molecular weight excluding hydrogens is 613 g/mol. The van der Waals surface area contributed by atoms with Gasteiger partial charge < -0.3 is 10.2 Å². The first-order chi connectivity index (χ1) is 21.5. The second-order valence-corrected chi connectivity index (χ2v) is 13.2. The predicted octanol–water partition coefficient (Wildman–Crippen LogP) is 6.54. The van der Waals surface area contributed by atoms with Gasteiger partial charge in [-0.05, 0) is 68.3 Å². The van der Waals surface area contributed by atoms with Crippen molar-refractivity contribution in [2.45, 2.75) is 57.1 Å². The van der Waals surface area contributed by atoms with Gasteiger partial charge in [-0.25, -0.2) is 12.8 Å². The number of sulfonamides is 1. The number of nitrogens with zero attached hydrogens (tertiary/aromatic N) is 2. The van der Waals surface area contributed by atoms with Crippen LogP contribution in [0, 0.1) is 12.7 Å². The Hall–Kier alpha value is -4.21. The Morgan fingerprint density at radius 3 is 2.13 bits per heavy atom. The number of hydrogen-bond acceptors (Lipinski definition) is 4. The maximum absolute atomic E-state index is 15.0.